The highest BCUT2D eigenvalue weighted by atomic mass is 16.2. The molecule has 0 saturated heterocycles. The van der Waals surface area contributed by atoms with E-state index in [1.165, 1.54) is 12.5 Å². The van der Waals surface area contributed by atoms with Crippen molar-refractivity contribution in [3.05, 3.63) is 41.7 Å². The standard InChI is InChI=1S/C13H13N5O2/c1-9(12-15-8-16-18-12)17-13(20)11-10(5-3-7-19)4-2-6-14-11/h2,4,6,8-9,19H,7H2,1H3,(H,17,20)(H,15,16,18). The number of aliphatic hydroxyl groups excluding tert-OH is 1. The van der Waals surface area contributed by atoms with Crippen molar-refractivity contribution < 1.29 is 9.90 Å². The van der Waals surface area contributed by atoms with E-state index in [-0.39, 0.29) is 24.2 Å². The number of aromatic nitrogens is 4. The second-order valence-corrected chi connectivity index (χ2v) is 3.93. The van der Waals surface area contributed by atoms with E-state index in [2.05, 4.69) is 37.3 Å². The Morgan fingerprint density at radius 1 is 1.55 bits per heavy atom. The van der Waals surface area contributed by atoms with Crippen LogP contribution in [0.1, 0.15) is 34.8 Å². The van der Waals surface area contributed by atoms with Crippen LogP contribution in [-0.2, 0) is 0 Å². The quantitative estimate of drug-likeness (QED) is 0.683. The molecule has 20 heavy (non-hydrogen) atoms. The van der Waals surface area contributed by atoms with Crippen molar-refractivity contribution in [1.29, 1.82) is 0 Å². The number of amides is 1. The number of nitrogens with one attached hydrogen (secondary N) is 2. The van der Waals surface area contributed by atoms with E-state index in [9.17, 15) is 4.79 Å². The lowest BCUT2D eigenvalue weighted by atomic mass is 10.1. The number of hydrogen-bond acceptors (Lipinski definition) is 5. The van der Waals surface area contributed by atoms with Gasteiger partial charge in [0.1, 0.15) is 24.5 Å². The Balaban J connectivity index is 2.17. The number of carbonyl (C=O) groups excluding carboxylic acids is 1. The van der Waals surface area contributed by atoms with Crippen LogP contribution in [0.15, 0.2) is 24.7 Å². The maximum absolute atomic E-state index is 12.2. The van der Waals surface area contributed by atoms with E-state index >= 15 is 0 Å². The Morgan fingerprint density at radius 2 is 2.40 bits per heavy atom. The first-order chi connectivity index (χ1) is 9.72. The average Bonchev–Trinajstić information content (AvgIpc) is 2.99. The Bertz CT molecular complexity index is 642. The second kappa shape index (κ2) is 6.45. The molecule has 0 radical (unpaired) electrons. The molecule has 0 spiro atoms. The maximum atomic E-state index is 12.2. The average molecular weight is 271 g/mol. The van der Waals surface area contributed by atoms with Crippen molar-refractivity contribution in [2.45, 2.75) is 13.0 Å². The zero-order valence-electron chi connectivity index (χ0n) is 10.8. The summed E-state index contributed by atoms with van der Waals surface area (Å²) in [5, 5.41) is 17.9. The molecule has 7 heteroatoms. The van der Waals surface area contributed by atoms with Crippen molar-refractivity contribution in [3.8, 4) is 11.8 Å². The van der Waals surface area contributed by atoms with Gasteiger partial charge in [-0.25, -0.2) is 9.97 Å². The number of aliphatic hydroxyl groups is 1. The van der Waals surface area contributed by atoms with Gasteiger partial charge < -0.3 is 10.4 Å². The van der Waals surface area contributed by atoms with Gasteiger partial charge in [0.05, 0.1) is 11.6 Å². The van der Waals surface area contributed by atoms with Crippen LogP contribution in [0, 0.1) is 11.8 Å². The Morgan fingerprint density at radius 3 is 3.10 bits per heavy atom. The predicted octanol–water partition coefficient (Wildman–Crippen LogP) is 0.0345. The molecule has 2 aromatic rings. The normalized spacial score (nSPS) is 11.3. The van der Waals surface area contributed by atoms with Crippen molar-refractivity contribution in [3.63, 3.8) is 0 Å². The highest BCUT2D eigenvalue weighted by Crippen LogP contribution is 2.08. The highest BCUT2D eigenvalue weighted by molar-refractivity contribution is 5.94. The number of nitrogens with zero attached hydrogens (tertiary/aromatic N) is 3. The third-order valence-corrected chi connectivity index (χ3v) is 2.52. The first-order valence-corrected chi connectivity index (χ1v) is 5.93. The van der Waals surface area contributed by atoms with Crippen LogP contribution in [0.25, 0.3) is 0 Å². The molecule has 0 bridgehead atoms. The van der Waals surface area contributed by atoms with E-state index in [0.29, 0.717) is 11.4 Å². The summed E-state index contributed by atoms with van der Waals surface area (Å²) < 4.78 is 0. The Hall–Kier alpha value is -2.72. The molecule has 0 fully saturated rings. The molecule has 0 aromatic carbocycles. The third kappa shape index (κ3) is 3.18. The lowest BCUT2D eigenvalue weighted by molar-refractivity contribution is 0.0933. The predicted molar refractivity (Wildman–Crippen MR) is 70.5 cm³/mol. The molecule has 0 aliphatic heterocycles. The first-order valence-electron chi connectivity index (χ1n) is 5.93. The zero-order chi connectivity index (χ0) is 14.4. The lowest BCUT2D eigenvalue weighted by Crippen LogP contribution is -2.28. The van der Waals surface area contributed by atoms with Crippen LogP contribution in [0.5, 0.6) is 0 Å². The molecular formula is C13H13N5O2. The van der Waals surface area contributed by atoms with Gasteiger partial charge in [0.2, 0.25) is 0 Å². The smallest absolute Gasteiger partial charge is 0.271 e. The topological polar surface area (TPSA) is 104 Å². The van der Waals surface area contributed by atoms with Crippen molar-refractivity contribution in [1.82, 2.24) is 25.5 Å². The molecular weight excluding hydrogens is 258 g/mol. The molecule has 2 heterocycles. The van der Waals surface area contributed by atoms with Crippen LogP contribution in [0.3, 0.4) is 0 Å². The van der Waals surface area contributed by atoms with Crippen LogP contribution in [-0.4, -0.2) is 37.8 Å². The Labute approximate surface area is 115 Å². The number of aromatic amines is 1. The van der Waals surface area contributed by atoms with Gasteiger partial charge in [-0.15, -0.1) is 0 Å². The van der Waals surface area contributed by atoms with Gasteiger partial charge in [-0.1, -0.05) is 11.8 Å². The number of H-pyrrole nitrogens is 1. The summed E-state index contributed by atoms with van der Waals surface area (Å²) in [4.78, 5) is 20.2. The lowest BCUT2D eigenvalue weighted by Gasteiger charge is -2.11. The minimum atomic E-state index is -0.364. The molecule has 1 atom stereocenters. The summed E-state index contributed by atoms with van der Waals surface area (Å²) in [5.74, 6) is 5.38. The molecule has 102 valence electrons. The summed E-state index contributed by atoms with van der Waals surface area (Å²) in [5.41, 5.74) is 0.670. The molecule has 0 saturated carbocycles. The summed E-state index contributed by atoms with van der Waals surface area (Å²) >= 11 is 0. The van der Waals surface area contributed by atoms with Gasteiger partial charge in [-0.05, 0) is 19.1 Å². The van der Waals surface area contributed by atoms with Gasteiger partial charge in [0.15, 0.2) is 0 Å². The largest absolute Gasteiger partial charge is 0.384 e. The SMILES string of the molecule is CC(NC(=O)c1ncccc1C#CCO)c1ncn[nH]1. The number of carbonyl (C=O) groups is 1. The highest BCUT2D eigenvalue weighted by Gasteiger charge is 2.16. The minimum absolute atomic E-state index is 0.208. The van der Waals surface area contributed by atoms with Gasteiger partial charge in [0.25, 0.3) is 5.91 Å². The summed E-state index contributed by atoms with van der Waals surface area (Å²) in [6.07, 6.45) is 2.88. The first kappa shape index (κ1) is 13.7. The molecule has 1 unspecified atom stereocenters. The number of pyridine rings is 1. The van der Waals surface area contributed by atoms with E-state index in [4.69, 9.17) is 5.11 Å². The molecule has 0 aliphatic rings. The Kier molecular flexibility index (Phi) is 4.42. The minimum Gasteiger partial charge on any atom is -0.384 e. The second-order valence-electron chi connectivity index (χ2n) is 3.93. The van der Waals surface area contributed by atoms with Crippen molar-refractivity contribution in [2.24, 2.45) is 0 Å². The zero-order valence-corrected chi connectivity index (χ0v) is 10.8. The summed E-state index contributed by atoms with van der Waals surface area (Å²) in [7, 11) is 0. The van der Waals surface area contributed by atoms with E-state index in [0.717, 1.165) is 0 Å². The summed E-state index contributed by atoms with van der Waals surface area (Å²) in [6.45, 7) is 1.50. The fourth-order valence-electron chi connectivity index (χ4n) is 1.58. The molecule has 1 amide bonds. The van der Waals surface area contributed by atoms with Crippen LogP contribution in [0.2, 0.25) is 0 Å². The van der Waals surface area contributed by atoms with Crippen LogP contribution >= 0.6 is 0 Å². The number of hydrogen-bond donors (Lipinski definition) is 3. The molecule has 3 N–H and O–H groups in total. The van der Waals surface area contributed by atoms with E-state index < -0.39 is 0 Å². The van der Waals surface area contributed by atoms with Gasteiger partial charge >= 0.3 is 0 Å². The molecule has 0 aliphatic carbocycles. The van der Waals surface area contributed by atoms with Crippen LogP contribution < -0.4 is 5.32 Å². The van der Waals surface area contributed by atoms with E-state index in [1.54, 1.807) is 19.1 Å². The number of rotatable bonds is 3. The van der Waals surface area contributed by atoms with Gasteiger partial charge in [-0.2, -0.15) is 5.10 Å². The van der Waals surface area contributed by atoms with Gasteiger partial charge in [-0.3, -0.25) is 9.89 Å². The monoisotopic (exact) mass is 271 g/mol. The van der Waals surface area contributed by atoms with Crippen molar-refractivity contribution in [2.75, 3.05) is 6.61 Å². The molecule has 2 aromatic heterocycles. The van der Waals surface area contributed by atoms with Crippen LogP contribution in [0.4, 0.5) is 0 Å². The maximum Gasteiger partial charge on any atom is 0.271 e. The molecule has 7 nitrogen and oxygen atoms in total. The third-order valence-electron chi connectivity index (χ3n) is 2.52. The van der Waals surface area contributed by atoms with Crippen molar-refractivity contribution >= 4 is 5.91 Å². The fraction of sp³-hybridized carbons (Fsp3) is 0.231. The van der Waals surface area contributed by atoms with E-state index in [1.807, 2.05) is 0 Å². The van der Waals surface area contributed by atoms with Gasteiger partial charge in [0, 0.05) is 6.20 Å². The summed E-state index contributed by atoms with van der Waals surface area (Å²) in [6, 6.07) is 3.02. The molecule has 2 rings (SSSR count). The fourth-order valence-corrected chi connectivity index (χ4v) is 1.58.